The van der Waals surface area contributed by atoms with Crippen molar-refractivity contribution in [3.8, 4) is 5.75 Å². The van der Waals surface area contributed by atoms with Crippen LogP contribution in [0.1, 0.15) is 23.6 Å². The lowest BCUT2D eigenvalue weighted by Gasteiger charge is -2.19. The lowest BCUT2D eigenvalue weighted by atomic mass is 10.00. The number of benzene rings is 1. The summed E-state index contributed by atoms with van der Waals surface area (Å²) in [6.07, 6.45) is 2.10. The third-order valence-corrected chi connectivity index (χ3v) is 2.56. The van der Waals surface area contributed by atoms with Gasteiger partial charge in [0.05, 0.1) is 19.3 Å². The first-order valence-electron chi connectivity index (χ1n) is 4.93. The van der Waals surface area contributed by atoms with E-state index in [-0.39, 0.29) is 12.6 Å². The van der Waals surface area contributed by atoms with Gasteiger partial charge in [-0.15, -0.1) is 0 Å². The normalized spacial score (nSPS) is 17.0. The van der Waals surface area contributed by atoms with E-state index in [1.165, 1.54) is 5.56 Å². The molecule has 1 atom stereocenters. The highest BCUT2D eigenvalue weighted by Crippen LogP contribution is 2.27. The van der Waals surface area contributed by atoms with Crippen molar-refractivity contribution in [1.82, 2.24) is 0 Å². The molecular formula is C11H15NO2. The fraction of sp³-hybridized carbons (Fsp3) is 0.455. The van der Waals surface area contributed by atoms with E-state index in [1.54, 1.807) is 0 Å². The van der Waals surface area contributed by atoms with Crippen molar-refractivity contribution < 1.29 is 9.84 Å². The average Bonchev–Trinajstić information content (AvgIpc) is 2.27. The zero-order valence-electron chi connectivity index (χ0n) is 8.07. The average molecular weight is 193 g/mol. The fourth-order valence-electron chi connectivity index (χ4n) is 1.72. The van der Waals surface area contributed by atoms with Crippen molar-refractivity contribution in [3.63, 3.8) is 0 Å². The Morgan fingerprint density at radius 2 is 2.36 bits per heavy atom. The predicted molar refractivity (Wildman–Crippen MR) is 54.3 cm³/mol. The van der Waals surface area contributed by atoms with Crippen LogP contribution in [0.4, 0.5) is 0 Å². The number of hydrogen-bond acceptors (Lipinski definition) is 3. The Morgan fingerprint density at radius 3 is 3.14 bits per heavy atom. The maximum absolute atomic E-state index is 8.94. The standard InChI is InChI=1S/C11H15NO2/c12-10(7-13)8-3-4-11-9(6-8)2-1-5-14-11/h3-4,6,10,13H,1-2,5,7,12H2. The highest BCUT2D eigenvalue weighted by atomic mass is 16.5. The van der Waals surface area contributed by atoms with Crippen LogP contribution < -0.4 is 10.5 Å². The van der Waals surface area contributed by atoms with Crippen molar-refractivity contribution in [2.45, 2.75) is 18.9 Å². The van der Waals surface area contributed by atoms with Gasteiger partial charge in [0, 0.05) is 0 Å². The summed E-state index contributed by atoms with van der Waals surface area (Å²) in [7, 11) is 0. The third kappa shape index (κ3) is 1.74. The summed E-state index contributed by atoms with van der Waals surface area (Å²) in [5.74, 6) is 0.963. The molecule has 0 aromatic heterocycles. The van der Waals surface area contributed by atoms with Crippen LogP contribution in [0.5, 0.6) is 5.75 Å². The van der Waals surface area contributed by atoms with Crippen LogP contribution in [-0.4, -0.2) is 18.3 Å². The SMILES string of the molecule is NC(CO)c1ccc2c(c1)CCCO2. The Morgan fingerprint density at radius 1 is 1.50 bits per heavy atom. The quantitative estimate of drug-likeness (QED) is 0.736. The molecule has 1 heterocycles. The molecule has 0 fully saturated rings. The first-order chi connectivity index (χ1) is 6.81. The monoisotopic (exact) mass is 193 g/mol. The molecule has 1 unspecified atom stereocenters. The summed E-state index contributed by atoms with van der Waals surface area (Å²) in [6.45, 7) is 0.790. The van der Waals surface area contributed by atoms with Gasteiger partial charge < -0.3 is 15.6 Å². The molecule has 3 N–H and O–H groups in total. The summed E-state index contributed by atoms with van der Waals surface area (Å²) in [4.78, 5) is 0. The molecule has 1 aliphatic rings. The van der Waals surface area contributed by atoms with Gasteiger partial charge >= 0.3 is 0 Å². The Balaban J connectivity index is 2.29. The molecule has 76 valence electrons. The molecule has 0 aliphatic carbocycles. The second-order valence-electron chi connectivity index (χ2n) is 3.61. The van der Waals surface area contributed by atoms with Crippen molar-refractivity contribution in [3.05, 3.63) is 29.3 Å². The van der Waals surface area contributed by atoms with E-state index in [4.69, 9.17) is 15.6 Å². The molecular weight excluding hydrogens is 178 g/mol. The topological polar surface area (TPSA) is 55.5 Å². The zero-order chi connectivity index (χ0) is 9.97. The summed E-state index contributed by atoms with van der Waals surface area (Å²) >= 11 is 0. The molecule has 3 heteroatoms. The number of ether oxygens (including phenoxy) is 1. The van der Waals surface area contributed by atoms with E-state index in [2.05, 4.69) is 0 Å². The number of rotatable bonds is 2. The largest absolute Gasteiger partial charge is 0.493 e. The van der Waals surface area contributed by atoms with Crippen LogP contribution >= 0.6 is 0 Å². The van der Waals surface area contributed by atoms with Gasteiger partial charge in [-0.25, -0.2) is 0 Å². The first-order valence-corrected chi connectivity index (χ1v) is 4.93. The minimum atomic E-state index is -0.276. The van der Waals surface area contributed by atoms with E-state index >= 15 is 0 Å². The molecule has 1 aliphatic heterocycles. The van der Waals surface area contributed by atoms with Crippen LogP contribution in [-0.2, 0) is 6.42 Å². The van der Waals surface area contributed by atoms with Crippen LogP contribution in [0.25, 0.3) is 0 Å². The molecule has 2 rings (SSSR count). The summed E-state index contributed by atoms with van der Waals surface area (Å²) in [5, 5.41) is 8.94. The zero-order valence-corrected chi connectivity index (χ0v) is 8.07. The Labute approximate surface area is 83.5 Å². The second kappa shape index (κ2) is 3.98. The van der Waals surface area contributed by atoms with Gasteiger partial charge in [0.15, 0.2) is 0 Å². The summed E-state index contributed by atoms with van der Waals surface area (Å²) in [5.41, 5.74) is 7.93. The number of fused-ring (bicyclic) bond motifs is 1. The second-order valence-corrected chi connectivity index (χ2v) is 3.61. The molecule has 1 aromatic carbocycles. The molecule has 0 amide bonds. The highest BCUT2D eigenvalue weighted by Gasteiger charge is 2.12. The maximum atomic E-state index is 8.94. The lowest BCUT2D eigenvalue weighted by Crippen LogP contribution is -2.16. The first kappa shape index (κ1) is 9.49. The van der Waals surface area contributed by atoms with E-state index in [1.807, 2.05) is 18.2 Å². The van der Waals surface area contributed by atoms with Gasteiger partial charge in [-0.1, -0.05) is 12.1 Å². The van der Waals surface area contributed by atoms with Crippen LogP contribution in [0.15, 0.2) is 18.2 Å². The van der Waals surface area contributed by atoms with Crippen LogP contribution in [0, 0.1) is 0 Å². The molecule has 1 aromatic rings. The Hall–Kier alpha value is -1.06. The molecule has 0 spiro atoms. The van der Waals surface area contributed by atoms with E-state index < -0.39 is 0 Å². The molecule has 0 saturated heterocycles. The number of aliphatic hydroxyl groups is 1. The fourth-order valence-corrected chi connectivity index (χ4v) is 1.72. The lowest BCUT2D eigenvalue weighted by molar-refractivity contribution is 0.266. The molecule has 0 radical (unpaired) electrons. The number of hydrogen-bond donors (Lipinski definition) is 2. The number of aryl methyl sites for hydroxylation is 1. The van der Waals surface area contributed by atoms with Crippen LogP contribution in [0.3, 0.4) is 0 Å². The van der Waals surface area contributed by atoms with Gasteiger partial charge in [-0.3, -0.25) is 0 Å². The van der Waals surface area contributed by atoms with Crippen molar-refractivity contribution in [2.75, 3.05) is 13.2 Å². The van der Waals surface area contributed by atoms with Crippen molar-refractivity contribution in [2.24, 2.45) is 5.73 Å². The summed E-state index contributed by atoms with van der Waals surface area (Å²) in [6, 6.07) is 5.63. The third-order valence-electron chi connectivity index (χ3n) is 2.56. The number of nitrogens with two attached hydrogens (primary N) is 1. The van der Waals surface area contributed by atoms with E-state index in [0.717, 1.165) is 30.8 Å². The van der Waals surface area contributed by atoms with Gasteiger partial charge in [-0.2, -0.15) is 0 Å². The van der Waals surface area contributed by atoms with E-state index in [9.17, 15) is 0 Å². The summed E-state index contributed by atoms with van der Waals surface area (Å²) < 4.78 is 5.49. The minimum Gasteiger partial charge on any atom is -0.493 e. The maximum Gasteiger partial charge on any atom is 0.122 e. The smallest absolute Gasteiger partial charge is 0.122 e. The van der Waals surface area contributed by atoms with Gasteiger partial charge in [0.25, 0.3) is 0 Å². The highest BCUT2D eigenvalue weighted by molar-refractivity contribution is 5.39. The van der Waals surface area contributed by atoms with Gasteiger partial charge in [0.1, 0.15) is 5.75 Å². The van der Waals surface area contributed by atoms with Crippen molar-refractivity contribution >= 4 is 0 Å². The molecule has 0 saturated carbocycles. The van der Waals surface area contributed by atoms with Crippen LogP contribution in [0.2, 0.25) is 0 Å². The minimum absolute atomic E-state index is 0.0142. The van der Waals surface area contributed by atoms with E-state index in [0.29, 0.717) is 0 Å². The van der Waals surface area contributed by atoms with Crippen molar-refractivity contribution in [1.29, 1.82) is 0 Å². The Kier molecular flexibility index (Phi) is 2.70. The number of aliphatic hydroxyl groups excluding tert-OH is 1. The predicted octanol–water partition coefficient (Wildman–Crippen LogP) is 1.00. The van der Waals surface area contributed by atoms with Gasteiger partial charge in [-0.05, 0) is 30.0 Å². The molecule has 0 bridgehead atoms. The molecule has 14 heavy (non-hydrogen) atoms. The molecule has 3 nitrogen and oxygen atoms in total. The Bertz CT molecular complexity index is 325. The van der Waals surface area contributed by atoms with Gasteiger partial charge in [0.2, 0.25) is 0 Å².